The van der Waals surface area contributed by atoms with Gasteiger partial charge in [0.2, 0.25) is 20.0 Å². The van der Waals surface area contributed by atoms with Crippen molar-refractivity contribution in [3.05, 3.63) is 24.3 Å². The Labute approximate surface area is 149 Å². The summed E-state index contributed by atoms with van der Waals surface area (Å²) in [4.78, 5) is 0.229. The Bertz CT molecular complexity index is 843. The maximum absolute atomic E-state index is 12.8. The van der Waals surface area contributed by atoms with Gasteiger partial charge in [-0.15, -0.1) is 0 Å². The number of sulfonamides is 2. The quantitative estimate of drug-likeness (QED) is 0.772. The molecule has 3 rings (SSSR count). The molecule has 0 aromatic heterocycles. The molecule has 2 aliphatic rings. The van der Waals surface area contributed by atoms with Gasteiger partial charge in [0.25, 0.3) is 0 Å². The highest BCUT2D eigenvalue weighted by atomic mass is 32.2. The molecule has 0 N–H and O–H groups in total. The molecule has 7 nitrogen and oxygen atoms in total. The predicted octanol–water partition coefficient (Wildman–Crippen LogP) is 1.13. The molecule has 0 unspecified atom stereocenters. The van der Waals surface area contributed by atoms with Gasteiger partial charge in [-0.05, 0) is 36.8 Å². The van der Waals surface area contributed by atoms with Crippen LogP contribution in [0.4, 0.5) is 0 Å². The van der Waals surface area contributed by atoms with Gasteiger partial charge in [0.1, 0.15) is 5.75 Å². The zero-order valence-electron chi connectivity index (χ0n) is 14.5. The Hall–Kier alpha value is -1.16. The lowest BCUT2D eigenvalue weighted by molar-refractivity contribution is 0.167. The van der Waals surface area contributed by atoms with E-state index in [0.717, 1.165) is 6.42 Å². The van der Waals surface area contributed by atoms with E-state index in [4.69, 9.17) is 4.74 Å². The van der Waals surface area contributed by atoms with Gasteiger partial charge < -0.3 is 4.74 Å². The summed E-state index contributed by atoms with van der Waals surface area (Å²) in [6.45, 7) is 1.86. The monoisotopic (exact) mass is 388 g/mol. The molecule has 25 heavy (non-hydrogen) atoms. The van der Waals surface area contributed by atoms with Crippen LogP contribution in [-0.2, 0) is 20.0 Å². The number of piperidine rings is 1. The molecule has 0 radical (unpaired) electrons. The highest BCUT2D eigenvalue weighted by molar-refractivity contribution is 7.89. The van der Waals surface area contributed by atoms with E-state index in [0.29, 0.717) is 44.8 Å². The number of nitrogens with zero attached hydrogens (tertiary/aromatic N) is 2. The zero-order chi connectivity index (χ0) is 18.3. The largest absolute Gasteiger partial charge is 0.497 e. The van der Waals surface area contributed by atoms with Crippen molar-refractivity contribution < 1.29 is 21.6 Å². The number of ether oxygens (including phenoxy) is 1. The third-order valence-electron chi connectivity index (χ3n) is 5.33. The van der Waals surface area contributed by atoms with Gasteiger partial charge in [0.15, 0.2) is 0 Å². The number of rotatable bonds is 4. The second-order valence-electron chi connectivity index (χ2n) is 6.93. The number of hydrogen-bond acceptors (Lipinski definition) is 5. The highest BCUT2D eigenvalue weighted by Crippen LogP contribution is 2.42. The molecule has 0 atom stereocenters. The first-order valence-corrected chi connectivity index (χ1v) is 11.5. The lowest BCUT2D eigenvalue weighted by atomic mass is 9.78. The molecule has 9 heteroatoms. The third-order valence-corrected chi connectivity index (χ3v) is 8.48. The first-order valence-electron chi connectivity index (χ1n) is 8.26. The lowest BCUT2D eigenvalue weighted by Gasteiger charge is -2.38. The summed E-state index contributed by atoms with van der Waals surface area (Å²) in [7, 11) is -5.24. The van der Waals surface area contributed by atoms with E-state index in [2.05, 4.69) is 0 Å². The maximum atomic E-state index is 12.8. The van der Waals surface area contributed by atoms with Crippen LogP contribution in [-0.4, -0.2) is 65.0 Å². The maximum Gasteiger partial charge on any atom is 0.243 e. The van der Waals surface area contributed by atoms with E-state index in [1.807, 2.05) is 0 Å². The van der Waals surface area contributed by atoms with E-state index in [9.17, 15) is 16.8 Å². The van der Waals surface area contributed by atoms with Crippen LogP contribution in [0.1, 0.15) is 19.3 Å². The minimum Gasteiger partial charge on any atom is -0.497 e. The van der Waals surface area contributed by atoms with Crippen molar-refractivity contribution in [3.63, 3.8) is 0 Å². The van der Waals surface area contributed by atoms with Crippen molar-refractivity contribution in [2.24, 2.45) is 5.41 Å². The topological polar surface area (TPSA) is 84.0 Å². The molecule has 2 aliphatic heterocycles. The van der Waals surface area contributed by atoms with Crippen LogP contribution in [0.2, 0.25) is 0 Å². The van der Waals surface area contributed by atoms with Crippen molar-refractivity contribution in [2.75, 3.05) is 39.5 Å². The molecule has 0 amide bonds. The second kappa shape index (κ2) is 6.53. The number of benzene rings is 1. The van der Waals surface area contributed by atoms with E-state index < -0.39 is 20.0 Å². The molecule has 2 fully saturated rings. The Morgan fingerprint density at radius 1 is 1.00 bits per heavy atom. The molecule has 1 spiro atoms. The van der Waals surface area contributed by atoms with Crippen molar-refractivity contribution >= 4 is 20.0 Å². The summed E-state index contributed by atoms with van der Waals surface area (Å²) in [5, 5.41) is 0. The predicted molar refractivity (Wildman–Crippen MR) is 94.5 cm³/mol. The van der Waals surface area contributed by atoms with E-state index in [1.165, 1.54) is 28.0 Å². The lowest BCUT2D eigenvalue weighted by Crippen LogP contribution is -2.44. The van der Waals surface area contributed by atoms with Crippen molar-refractivity contribution in [3.8, 4) is 5.75 Å². The molecule has 0 saturated carbocycles. The fraction of sp³-hybridized carbons (Fsp3) is 0.625. The van der Waals surface area contributed by atoms with Gasteiger partial charge in [0.05, 0.1) is 18.3 Å². The van der Waals surface area contributed by atoms with Crippen LogP contribution < -0.4 is 4.74 Å². The van der Waals surface area contributed by atoms with Gasteiger partial charge in [-0.1, -0.05) is 6.07 Å². The first kappa shape index (κ1) is 18.6. The smallest absolute Gasteiger partial charge is 0.243 e. The Morgan fingerprint density at radius 2 is 1.60 bits per heavy atom. The van der Waals surface area contributed by atoms with Gasteiger partial charge in [-0.25, -0.2) is 21.1 Å². The normalized spacial score (nSPS) is 22.3. The first-order chi connectivity index (χ1) is 11.7. The molecule has 1 aromatic rings. The zero-order valence-corrected chi connectivity index (χ0v) is 16.1. The van der Waals surface area contributed by atoms with Crippen LogP contribution in [0.25, 0.3) is 0 Å². The Morgan fingerprint density at radius 3 is 2.12 bits per heavy atom. The summed E-state index contributed by atoms with van der Waals surface area (Å²) in [5.41, 5.74) is -0.0938. The SMILES string of the molecule is COc1cccc(S(=O)(=O)N2CCC3(CCN(S(C)(=O)=O)C3)CC2)c1. The molecule has 0 aliphatic carbocycles. The summed E-state index contributed by atoms with van der Waals surface area (Å²) >= 11 is 0. The van der Waals surface area contributed by atoms with Crippen molar-refractivity contribution in [1.29, 1.82) is 0 Å². The van der Waals surface area contributed by atoms with Gasteiger partial charge in [0, 0.05) is 32.2 Å². The summed E-state index contributed by atoms with van der Waals surface area (Å²) in [6.07, 6.45) is 3.39. The Balaban J connectivity index is 1.72. The van der Waals surface area contributed by atoms with Crippen LogP contribution in [0.3, 0.4) is 0 Å². The van der Waals surface area contributed by atoms with Gasteiger partial charge >= 0.3 is 0 Å². The van der Waals surface area contributed by atoms with Crippen molar-refractivity contribution in [2.45, 2.75) is 24.2 Å². The minimum atomic E-state index is -3.56. The molecule has 2 saturated heterocycles. The van der Waals surface area contributed by atoms with Crippen LogP contribution in [0.5, 0.6) is 5.75 Å². The Kier molecular flexibility index (Phi) is 4.87. The number of methoxy groups -OCH3 is 1. The second-order valence-corrected chi connectivity index (χ2v) is 10.8. The molecule has 140 valence electrons. The molecule has 2 heterocycles. The van der Waals surface area contributed by atoms with Crippen LogP contribution in [0.15, 0.2) is 29.2 Å². The fourth-order valence-corrected chi connectivity index (χ4v) is 6.11. The summed E-state index contributed by atoms with van der Waals surface area (Å²) in [5.74, 6) is 0.508. The molecular formula is C16H24N2O5S2. The highest BCUT2D eigenvalue weighted by Gasteiger charge is 2.44. The molecule has 1 aromatic carbocycles. The van der Waals surface area contributed by atoms with E-state index in [-0.39, 0.29) is 10.3 Å². The summed E-state index contributed by atoms with van der Waals surface area (Å²) in [6, 6.07) is 6.48. The average Bonchev–Trinajstić information content (AvgIpc) is 2.99. The van der Waals surface area contributed by atoms with E-state index >= 15 is 0 Å². The van der Waals surface area contributed by atoms with Crippen LogP contribution in [0, 0.1) is 5.41 Å². The number of hydrogen-bond donors (Lipinski definition) is 0. The standard InChI is InChI=1S/C16H24N2O5S2/c1-23-14-4-3-5-15(12-14)25(21,22)17-9-6-16(7-10-17)8-11-18(13-16)24(2,19)20/h3-5,12H,6-11,13H2,1-2H3. The van der Waals surface area contributed by atoms with Crippen LogP contribution >= 0.6 is 0 Å². The fourth-order valence-electron chi connectivity index (χ4n) is 3.70. The van der Waals surface area contributed by atoms with Gasteiger partial charge in [-0.2, -0.15) is 4.31 Å². The molecular weight excluding hydrogens is 364 g/mol. The van der Waals surface area contributed by atoms with Gasteiger partial charge in [-0.3, -0.25) is 0 Å². The summed E-state index contributed by atoms with van der Waals surface area (Å²) < 4.78 is 57.3. The van der Waals surface area contributed by atoms with E-state index in [1.54, 1.807) is 18.2 Å². The third kappa shape index (κ3) is 3.69. The minimum absolute atomic E-state index is 0.0938. The average molecular weight is 389 g/mol. The molecule has 0 bridgehead atoms. The van der Waals surface area contributed by atoms with Crippen molar-refractivity contribution in [1.82, 2.24) is 8.61 Å².